The highest BCUT2D eigenvalue weighted by atomic mass is 19.1. The molecule has 0 bridgehead atoms. The van der Waals surface area contributed by atoms with Crippen molar-refractivity contribution in [3.8, 4) is 0 Å². The zero-order valence-electron chi connectivity index (χ0n) is 23.2. The lowest BCUT2D eigenvalue weighted by Gasteiger charge is -2.32. The Labute approximate surface area is 230 Å². The highest BCUT2D eigenvalue weighted by molar-refractivity contribution is 6.06. The number of carbonyl (C=O) groups is 2. The van der Waals surface area contributed by atoms with Gasteiger partial charge in [0.05, 0.1) is 5.56 Å². The van der Waals surface area contributed by atoms with Crippen LogP contribution in [-0.4, -0.2) is 68.9 Å². The van der Waals surface area contributed by atoms with Gasteiger partial charge in [-0.2, -0.15) is 0 Å². The van der Waals surface area contributed by atoms with Gasteiger partial charge in [-0.05, 0) is 74.7 Å². The summed E-state index contributed by atoms with van der Waals surface area (Å²) in [5.74, 6) is 0.788. The van der Waals surface area contributed by atoms with Gasteiger partial charge in [0.1, 0.15) is 11.6 Å². The number of amides is 2. The van der Waals surface area contributed by atoms with Crippen LogP contribution in [0.3, 0.4) is 0 Å². The number of carbonyl (C=O) groups excluding carboxylic acids is 2. The van der Waals surface area contributed by atoms with Crippen molar-refractivity contribution in [1.82, 2.24) is 24.3 Å². The van der Waals surface area contributed by atoms with E-state index in [2.05, 4.69) is 28.7 Å². The lowest BCUT2D eigenvalue weighted by atomic mass is 10.1. The summed E-state index contributed by atoms with van der Waals surface area (Å²) in [7, 11) is 0. The summed E-state index contributed by atoms with van der Waals surface area (Å²) >= 11 is 0. The van der Waals surface area contributed by atoms with E-state index in [0.29, 0.717) is 48.8 Å². The third-order valence-electron chi connectivity index (χ3n) is 7.07. The van der Waals surface area contributed by atoms with Crippen molar-refractivity contribution in [2.45, 2.75) is 53.1 Å². The number of fused-ring (bicyclic) bond motifs is 1. The Morgan fingerprint density at radius 2 is 1.85 bits per heavy atom. The summed E-state index contributed by atoms with van der Waals surface area (Å²) in [6.07, 6.45) is 8.71. The fourth-order valence-corrected chi connectivity index (χ4v) is 5.18. The fraction of sp³-hybridized carbons (Fsp3) is 0.467. The van der Waals surface area contributed by atoms with Crippen LogP contribution in [0, 0.1) is 18.7 Å². The lowest BCUT2D eigenvalue weighted by molar-refractivity contribution is -0.132. The molecule has 2 amide bonds. The lowest BCUT2D eigenvalue weighted by Crippen LogP contribution is -2.40. The van der Waals surface area contributed by atoms with Gasteiger partial charge in [-0.15, -0.1) is 0 Å². The first-order valence-corrected chi connectivity index (χ1v) is 13.8. The molecule has 1 aromatic carbocycles. The van der Waals surface area contributed by atoms with Gasteiger partial charge in [0.15, 0.2) is 0 Å². The molecule has 0 spiro atoms. The van der Waals surface area contributed by atoms with Crippen LogP contribution in [0.15, 0.2) is 55.1 Å². The molecule has 0 N–H and O–H groups in total. The van der Waals surface area contributed by atoms with Gasteiger partial charge in [-0.25, -0.2) is 9.37 Å². The first-order chi connectivity index (χ1) is 18.8. The van der Waals surface area contributed by atoms with Gasteiger partial charge in [-0.3, -0.25) is 14.6 Å². The number of benzene rings is 1. The molecule has 0 saturated heterocycles. The summed E-state index contributed by atoms with van der Waals surface area (Å²) < 4.78 is 16.5. The van der Waals surface area contributed by atoms with Crippen LogP contribution in [0.4, 0.5) is 10.1 Å². The van der Waals surface area contributed by atoms with Crippen LogP contribution >= 0.6 is 0 Å². The number of nitrogens with zero attached hydrogens (tertiary/aromatic N) is 6. The number of hydrogen-bond acceptors (Lipinski definition) is 5. The topological polar surface area (TPSA) is 74.6 Å². The molecule has 0 radical (unpaired) electrons. The molecule has 8 nitrogen and oxygen atoms in total. The molecule has 0 fully saturated rings. The molecule has 1 aliphatic rings. The van der Waals surface area contributed by atoms with E-state index in [1.54, 1.807) is 41.7 Å². The van der Waals surface area contributed by atoms with Gasteiger partial charge < -0.3 is 19.3 Å². The number of aryl methyl sites for hydroxylation is 2. The molecule has 4 rings (SSSR count). The second-order valence-corrected chi connectivity index (χ2v) is 10.6. The van der Waals surface area contributed by atoms with Crippen molar-refractivity contribution in [1.29, 1.82) is 0 Å². The van der Waals surface area contributed by atoms with Gasteiger partial charge in [0.25, 0.3) is 5.91 Å². The fourth-order valence-electron chi connectivity index (χ4n) is 5.18. The molecular formula is C30H39FN6O2. The van der Waals surface area contributed by atoms with Crippen molar-refractivity contribution < 1.29 is 14.0 Å². The summed E-state index contributed by atoms with van der Waals surface area (Å²) in [5.41, 5.74) is 1.73. The number of hydrogen-bond donors (Lipinski definition) is 0. The van der Waals surface area contributed by atoms with Crippen LogP contribution in [0.5, 0.6) is 0 Å². The molecule has 3 heterocycles. The van der Waals surface area contributed by atoms with Crippen molar-refractivity contribution in [3.63, 3.8) is 0 Å². The predicted molar refractivity (Wildman–Crippen MR) is 150 cm³/mol. The highest BCUT2D eigenvalue weighted by Crippen LogP contribution is 2.26. The minimum Gasteiger partial charge on any atom is -0.338 e. The maximum Gasteiger partial charge on any atom is 0.259 e. The zero-order chi connectivity index (χ0) is 27.8. The molecule has 2 aromatic heterocycles. The zero-order valence-corrected chi connectivity index (χ0v) is 23.2. The Morgan fingerprint density at radius 3 is 2.54 bits per heavy atom. The van der Waals surface area contributed by atoms with Crippen LogP contribution in [0.1, 0.15) is 54.9 Å². The maximum atomic E-state index is 14.6. The van der Waals surface area contributed by atoms with E-state index in [0.717, 1.165) is 38.3 Å². The number of pyridine rings is 1. The summed E-state index contributed by atoms with van der Waals surface area (Å²) in [6, 6.07) is 7.98. The van der Waals surface area contributed by atoms with Gasteiger partial charge in [-0.1, -0.05) is 13.8 Å². The van der Waals surface area contributed by atoms with E-state index in [1.165, 1.54) is 12.1 Å². The molecule has 39 heavy (non-hydrogen) atoms. The Morgan fingerprint density at radius 1 is 1.05 bits per heavy atom. The molecule has 0 saturated carbocycles. The number of imidazole rings is 1. The quantitative estimate of drug-likeness (QED) is 0.464. The van der Waals surface area contributed by atoms with Crippen LogP contribution in [0.25, 0.3) is 0 Å². The van der Waals surface area contributed by atoms with Crippen molar-refractivity contribution >= 4 is 17.5 Å². The summed E-state index contributed by atoms with van der Waals surface area (Å²) in [4.78, 5) is 41.5. The number of halogens is 1. The molecule has 0 atom stereocenters. The average Bonchev–Trinajstić information content (AvgIpc) is 3.33. The Balaban J connectivity index is 1.66. The van der Waals surface area contributed by atoms with Crippen LogP contribution in [0.2, 0.25) is 0 Å². The molecule has 9 heteroatoms. The molecule has 208 valence electrons. The molecular weight excluding hydrogens is 495 g/mol. The van der Waals surface area contributed by atoms with Crippen LogP contribution in [-0.2, 0) is 17.9 Å². The third-order valence-corrected chi connectivity index (χ3v) is 7.07. The Kier molecular flexibility index (Phi) is 9.81. The minimum atomic E-state index is -0.390. The van der Waals surface area contributed by atoms with Crippen molar-refractivity contribution in [3.05, 3.63) is 77.9 Å². The predicted octanol–water partition coefficient (Wildman–Crippen LogP) is 4.54. The average molecular weight is 535 g/mol. The number of aromatic nitrogens is 3. The number of rotatable bonds is 6. The highest BCUT2D eigenvalue weighted by Gasteiger charge is 2.24. The van der Waals surface area contributed by atoms with Gasteiger partial charge >= 0.3 is 0 Å². The summed E-state index contributed by atoms with van der Waals surface area (Å²) in [6.45, 7) is 10.8. The minimum absolute atomic E-state index is 0.00378. The van der Waals surface area contributed by atoms with Gasteiger partial charge in [0.2, 0.25) is 5.91 Å². The van der Waals surface area contributed by atoms with E-state index < -0.39 is 0 Å². The first-order valence-electron chi connectivity index (χ1n) is 13.8. The van der Waals surface area contributed by atoms with E-state index in [1.807, 2.05) is 22.6 Å². The maximum absolute atomic E-state index is 14.6. The molecule has 1 aliphatic heterocycles. The Hall–Kier alpha value is -3.59. The molecule has 0 aliphatic carbocycles. The molecule has 0 unspecified atom stereocenters. The Bertz CT molecular complexity index is 1250. The first kappa shape index (κ1) is 28.4. The SMILES string of the molecule is Cc1nccn1CCC(=O)N1CCCN(CC(C)C)CCCN(C(=O)c2cccnc2)c2ccc(F)cc2C1. The van der Waals surface area contributed by atoms with E-state index in [4.69, 9.17) is 0 Å². The normalized spacial score (nSPS) is 15.5. The van der Waals surface area contributed by atoms with E-state index >= 15 is 0 Å². The molecule has 3 aromatic rings. The number of anilines is 1. The van der Waals surface area contributed by atoms with Crippen molar-refractivity contribution in [2.75, 3.05) is 37.6 Å². The van der Waals surface area contributed by atoms with Crippen molar-refractivity contribution in [2.24, 2.45) is 5.92 Å². The summed E-state index contributed by atoms with van der Waals surface area (Å²) in [5, 5.41) is 0. The van der Waals surface area contributed by atoms with Crippen LogP contribution < -0.4 is 4.90 Å². The monoisotopic (exact) mass is 534 g/mol. The smallest absolute Gasteiger partial charge is 0.259 e. The van der Waals surface area contributed by atoms with Gasteiger partial charge in [0, 0.05) is 69.6 Å². The second-order valence-electron chi connectivity index (χ2n) is 10.6. The third kappa shape index (κ3) is 7.72. The van der Waals surface area contributed by atoms with E-state index in [-0.39, 0.29) is 24.2 Å². The second kappa shape index (κ2) is 13.5. The largest absolute Gasteiger partial charge is 0.338 e. The standard InChI is InChI=1S/C30H39FN6O2/c1-23(2)21-34-13-5-15-36(29(38)10-17-35-18-12-33-24(35)3)22-26-19-27(31)8-9-28(26)37(16-6-14-34)30(39)25-7-4-11-32-20-25/h4,7-9,11-12,18-20,23H,5-6,10,13-17,21-22H2,1-3H3. The van der Waals surface area contributed by atoms with E-state index in [9.17, 15) is 14.0 Å².